The van der Waals surface area contributed by atoms with Crippen molar-refractivity contribution in [3.63, 3.8) is 0 Å². The average molecular weight is 280 g/mol. The highest BCUT2D eigenvalue weighted by molar-refractivity contribution is 5.51. The van der Waals surface area contributed by atoms with Gasteiger partial charge in [-0.15, -0.1) is 0 Å². The summed E-state index contributed by atoms with van der Waals surface area (Å²) in [5.74, 6) is -0.265. The van der Waals surface area contributed by atoms with E-state index < -0.39 is 10.7 Å². The highest BCUT2D eigenvalue weighted by atomic mass is 19.1. The number of imidazole rings is 1. The van der Waals surface area contributed by atoms with E-state index in [-0.39, 0.29) is 30.5 Å². The molecule has 0 saturated carbocycles. The Kier molecular flexibility index (Phi) is 4.14. The van der Waals surface area contributed by atoms with E-state index in [1.54, 1.807) is 19.2 Å². The Hall–Kier alpha value is -2.64. The van der Waals surface area contributed by atoms with Crippen molar-refractivity contribution >= 4 is 11.6 Å². The van der Waals surface area contributed by atoms with Gasteiger partial charge in [0.1, 0.15) is 6.61 Å². The standard InChI is InChI=1S/C12H13FN4O3/c1-16-8-15-12(17(18)19)11(16)14-6-7-20-10-5-3-2-4-9(10)13/h2-5,8,14H,6-7H2,1H3. The molecule has 1 heterocycles. The van der Waals surface area contributed by atoms with Crippen molar-refractivity contribution in [1.29, 1.82) is 0 Å². The number of rotatable bonds is 6. The summed E-state index contributed by atoms with van der Waals surface area (Å²) in [6.07, 6.45) is 1.35. The van der Waals surface area contributed by atoms with Crippen LogP contribution in [0.25, 0.3) is 0 Å². The molecule has 0 saturated heterocycles. The molecule has 7 nitrogen and oxygen atoms in total. The number of aromatic nitrogens is 2. The van der Waals surface area contributed by atoms with Crippen molar-refractivity contribution in [3.8, 4) is 5.75 Å². The minimum atomic E-state index is -0.569. The third kappa shape index (κ3) is 3.02. The van der Waals surface area contributed by atoms with Crippen LogP contribution in [0.4, 0.5) is 16.0 Å². The zero-order chi connectivity index (χ0) is 14.5. The van der Waals surface area contributed by atoms with Gasteiger partial charge in [-0.05, 0) is 22.0 Å². The Morgan fingerprint density at radius 3 is 2.95 bits per heavy atom. The number of hydrogen-bond donors (Lipinski definition) is 1. The quantitative estimate of drug-likeness (QED) is 0.497. The maximum atomic E-state index is 13.3. The molecule has 20 heavy (non-hydrogen) atoms. The summed E-state index contributed by atoms with van der Waals surface area (Å²) in [4.78, 5) is 13.8. The molecule has 0 unspecified atom stereocenters. The number of benzene rings is 1. The smallest absolute Gasteiger partial charge is 0.406 e. The summed E-state index contributed by atoms with van der Waals surface area (Å²) < 4.78 is 20.0. The molecule has 0 fully saturated rings. The third-order valence-electron chi connectivity index (χ3n) is 2.58. The van der Waals surface area contributed by atoms with Gasteiger partial charge in [-0.1, -0.05) is 12.1 Å². The van der Waals surface area contributed by atoms with Gasteiger partial charge in [0.2, 0.25) is 12.1 Å². The minimum absolute atomic E-state index is 0.147. The van der Waals surface area contributed by atoms with Crippen LogP contribution in [-0.2, 0) is 7.05 Å². The van der Waals surface area contributed by atoms with E-state index in [4.69, 9.17) is 4.74 Å². The van der Waals surface area contributed by atoms with Crippen molar-refractivity contribution in [2.24, 2.45) is 7.05 Å². The molecule has 1 N–H and O–H groups in total. The maximum absolute atomic E-state index is 13.3. The maximum Gasteiger partial charge on any atom is 0.406 e. The second-order valence-electron chi connectivity index (χ2n) is 3.99. The van der Waals surface area contributed by atoms with Gasteiger partial charge in [-0.2, -0.15) is 0 Å². The highest BCUT2D eigenvalue weighted by Gasteiger charge is 2.19. The Morgan fingerprint density at radius 2 is 2.25 bits per heavy atom. The SMILES string of the molecule is Cn1cnc([N+](=O)[O-])c1NCCOc1ccccc1F. The molecule has 106 valence electrons. The van der Waals surface area contributed by atoms with Gasteiger partial charge in [-0.3, -0.25) is 4.57 Å². The van der Waals surface area contributed by atoms with Crippen LogP contribution in [0, 0.1) is 15.9 Å². The Balaban J connectivity index is 1.89. The molecule has 0 aliphatic rings. The van der Waals surface area contributed by atoms with E-state index in [1.165, 1.54) is 23.0 Å². The molecule has 0 aliphatic heterocycles. The summed E-state index contributed by atoms with van der Waals surface area (Å²) in [6, 6.07) is 6.05. The van der Waals surface area contributed by atoms with E-state index >= 15 is 0 Å². The fourth-order valence-corrected chi connectivity index (χ4v) is 1.65. The van der Waals surface area contributed by atoms with E-state index in [0.717, 1.165) is 0 Å². The first kappa shape index (κ1) is 13.8. The predicted molar refractivity (Wildman–Crippen MR) is 70.2 cm³/mol. The van der Waals surface area contributed by atoms with E-state index in [9.17, 15) is 14.5 Å². The molecule has 0 aliphatic carbocycles. The molecular weight excluding hydrogens is 267 g/mol. The van der Waals surface area contributed by atoms with Crippen LogP contribution in [0.1, 0.15) is 0 Å². The van der Waals surface area contributed by atoms with Gasteiger partial charge in [0, 0.05) is 7.05 Å². The van der Waals surface area contributed by atoms with Crippen LogP contribution in [0.5, 0.6) is 5.75 Å². The molecule has 0 bridgehead atoms. The van der Waals surface area contributed by atoms with Crippen molar-refractivity contribution in [1.82, 2.24) is 9.55 Å². The first-order valence-electron chi connectivity index (χ1n) is 5.86. The predicted octanol–water partition coefficient (Wildman–Crippen LogP) is 1.96. The number of hydrogen-bond acceptors (Lipinski definition) is 5. The van der Waals surface area contributed by atoms with Gasteiger partial charge in [0.15, 0.2) is 11.6 Å². The lowest BCUT2D eigenvalue weighted by molar-refractivity contribution is -0.388. The topological polar surface area (TPSA) is 82.2 Å². The van der Waals surface area contributed by atoms with Gasteiger partial charge >= 0.3 is 5.82 Å². The Morgan fingerprint density at radius 1 is 1.50 bits per heavy atom. The van der Waals surface area contributed by atoms with Crippen LogP contribution in [0.2, 0.25) is 0 Å². The number of halogens is 1. The number of aryl methyl sites for hydroxylation is 1. The molecule has 2 aromatic rings. The fraction of sp³-hybridized carbons (Fsp3) is 0.250. The number of para-hydroxylation sites is 1. The number of anilines is 1. The number of nitrogens with zero attached hydrogens (tertiary/aromatic N) is 3. The number of ether oxygens (including phenoxy) is 1. The van der Waals surface area contributed by atoms with Crippen LogP contribution in [-0.4, -0.2) is 27.6 Å². The van der Waals surface area contributed by atoms with Crippen LogP contribution in [0.15, 0.2) is 30.6 Å². The van der Waals surface area contributed by atoms with Gasteiger partial charge in [0.05, 0.1) is 6.54 Å². The Bertz CT molecular complexity index is 614. The van der Waals surface area contributed by atoms with Crippen molar-refractivity contribution in [2.75, 3.05) is 18.5 Å². The highest BCUT2D eigenvalue weighted by Crippen LogP contribution is 2.20. The van der Waals surface area contributed by atoms with Gasteiger partial charge < -0.3 is 20.2 Å². The molecule has 0 radical (unpaired) electrons. The normalized spacial score (nSPS) is 10.3. The summed E-state index contributed by atoms with van der Waals surface area (Å²) >= 11 is 0. The molecular formula is C12H13FN4O3. The number of nitro groups is 1. The summed E-state index contributed by atoms with van der Waals surface area (Å²) in [7, 11) is 1.64. The van der Waals surface area contributed by atoms with Crippen LogP contribution in [0.3, 0.4) is 0 Å². The summed E-state index contributed by atoms with van der Waals surface area (Å²) in [5.41, 5.74) is 0. The first-order chi connectivity index (χ1) is 9.59. The molecule has 0 amide bonds. The van der Waals surface area contributed by atoms with E-state index in [2.05, 4.69) is 10.3 Å². The van der Waals surface area contributed by atoms with Crippen molar-refractivity contribution in [3.05, 3.63) is 46.5 Å². The second-order valence-corrected chi connectivity index (χ2v) is 3.99. The largest absolute Gasteiger partial charge is 0.489 e. The van der Waals surface area contributed by atoms with Crippen molar-refractivity contribution in [2.45, 2.75) is 0 Å². The summed E-state index contributed by atoms with van der Waals surface area (Å²) in [5, 5.41) is 13.6. The lowest BCUT2D eigenvalue weighted by atomic mass is 10.3. The summed E-state index contributed by atoms with van der Waals surface area (Å²) in [6.45, 7) is 0.456. The molecule has 0 spiro atoms. The molecule has 1 aromatic carbocycles. The monoisotopic (exact) mass is 280 g/mol. The lowest BCUT2D eigenvalue weighted by Gasteiger charge is -2.08. The number of nitrogens with one attached hydrogen (secondary N) is 1. The Labute approximate surface area is 114 Å². The van der Waals surface area contributed by atoms with Gasteiger partial charge in [-0.25, -0.2) is 4.39 Å². The zero-order valence-corrected chi connectivity index (χ0v) is 10.7. The molecule has 1 aromatic heterocycles. The molecule has 2 rings (SSSR count). The second kappa shape index (κ2) is 6.00. The first-order valence-corrected chi connectivity index (χ1v) is 5.86. The fourth-order valence-electron chi connectivity index (χ4n) is 1.65. The lowest BCUT2D eigenvalue weighted by Crippen LogP contribution is -2.14. The third-order valence-corrected chi connectivity index (χ3v) is 2.58. The van der Waals surface area contributed by atoms with Crippen molar-refractivity contribution < 1.29 is 14.1 Å². The minimum Gasteiger partial charge on any atom is -0.489 e. The van der Waals surface area contributed by atoms with Crippen LogP contribution >= 0.6 is 0 Å². The molecule has 8 heteroatoms. The zero-order valence-electron chi connectivity index (χ0n) is 10.7. The van der Waals surface area contributed by atoms with Crippen LogP contribution < -0.4 is 10.1 Å². The molecule has 0 atom stereocenters. The average Bonchev–Trinajstić information content (AvgIpc) is 2.78. The van der Waals surface area contributed by atoms with E-state index in [0.29, 0.717) is 0 Å². The van der Waals surface area contributed by atoms with Gasteiger partial charge in [0.25, 0.3) is 0 Å². The van der Waals surface area contributed by atoms with E-state index in [1.807, 2.05) is 0 Å².